The van der Waals surface area contributed by atoms with Gasteiger partial charge in [0.05, 0.1) is 17.6 Å². The zero-order valence-corrected chi connectivity index (χ0v) is 16.2. The molecule has 2 heterocycles. The topological polar surface area (TPSA) is 54.5 Å². The first-order valence-electron chi connectivity index (χ1n) is 8.33. The Morgan fingerprint density at radius 1 is 1.44 bits per heavy atom. The van der Waals surface area contributed by atoms with E-state index >= 15 is 0 Å². The molecule has 1 aliphatic rings. The number of thiazole rings is 1. The molecular weight excluding hydrogens is 358 g/mol. The SMILES string of the molecule is CCCN1C(=O)C(C)(C)COc2cc(NCc3cnc(Cl)s3)ccc21. The molecule has 0 fully saturated rings. The van der Waals surface area contributed by atoms with Crippen molar-refractivity contribution in [3.8, 4) is 5.75 Å². The number of carbonyl (C=O) groups is 1. The molecule has 0 atom stereocenters. The maximum absolute atomic E-state index is 12.8. The summed E-state index contributed by atoms with van der Waals surface area (Å²) < 4.78 is 6.51. The quantitative estimate of drug-likeness (QED) is 0.826. The molecule has 7 heteroatoms. The number of halogens is 1. The zero-order valence-electron chi connectivity index (χ0n) is 14.6. The van der Waals surface area contributed by atoms with Crippen LogP contribution in [0.25, 0.3) is 0 Å². The van der Waals surface area contributed by atoms with E-state index in [-0.39, 0.29) is 5.91 Å². The summed E-state index contributed by atoms with van der Waals surface area (Å²) in [6.45, 7) is 7.62. The van der Waals surface area contributed by atoms with E-state index in [1.54, 1.807) is 6.20 Å². The van der Waals surface area contributed by atoms with Gasteiger partial charge in [0.15, 0.2) is 4.47 Å². The fourth-order valence-corrected chi connectivity index (χ4v) is 3.68. The van der Waals surface area contributed by atoms with E-state index in [4.69, 9.17) is 16.3 Å². The number of rotatable bonds is 5. The Bertz CT molecular complexity index is 775. The summed E-state index contributed by atoms with van der Waals surface area (Å²) in [7, 11) is 0. The van der Waals surface area contributed by atoms with Crippen LogP contribution >= 0.6 is 22.9 Å². The monoisotopic (exact) mass is 379 g/mol. The van der Waals surface area contributed by atoms with Crippen molar-refractivity contribution < 1.29 is 9.53 Å². The van der Waals surface area contributed by atoms with E-state index in [2.05, 4.69) is 17.2 Å². The van der Waals surface area contributed by atoms with E-state index in [9.17, 15) is 4.79 Å². The van der Waals surface area contributed by atoms with Crippen molar-refractivity contribution in [3.63, 3.8) is 0 Å². The maximum Gasteiger partial charge on any atom is 0.236 e. The highest BCUT2D eigenvalue weighted by Crippen LogP contribution is 2.38. The third kappa shape index (κ3) is 3.90. The summed E-state index contributed by atoms with van der Waals surface area (Å²) in [4.78, 5) is 19.8. The molecule has 3 rings (SSSR count). The Labute approximate surface area is 157 Å². The third-order valence-electron chi connectivity index (χ3n) is 4.10. The molecule has 134 valence electrons. The largest absolute Gasteiger partial charge is 0.490 e. The maximum atomic E-state index is 12.8. The van der Waals surface area contributed by atoms with Crippen LogP contribution < -0.4 is 15.0 Å². The number of carbonyl (C=O) groups excluding carboxylic acids is 1. The van der Waals surface area contributed by atoms with Gasteiger partial charge in [-0.15, -0.1) is 11.3 Å². The van der Waals surface area contributed by atoms with Crippen molar-refractivity contribution in [1.82, 2.24) is 4.98 Å². The number of fused-ring (bicyclic) bond motifs is 1. The molecule has 1 aromatic heterocycles. The first-order valence-corrected chi connectivity index (χ1v) is 9.53. The lowest BCUT2D eigenvalue weighted by molar-refractivity contribution is -0.127. The molecule has 2 aromatic rings. The fourth-order valence-electron chi connectivity index (χ4n) is 2.76. The molecule has 1 aliphatic heterocycles. The average Bonchev–Trinajstić information content (AvgIpc) is 2.97. The minimum absolute atomic E-state index is 0.105. The predicted molar refractivity (Wildman–Crippen MR) is 103 cm³/mol. The first kappa shape index (κ1) is 18.0. The van der Waals surface area contributed by atoms with Crippen molar-refractivity contribution in [2.75, 3.05) is 23.4 Å². The smallest absolute Gasteiger partial charge is 0.236 e. The molecule has 1 amide bonds. The number of nitrogens with one attached hydrogen (secondary N) is 1. The van der Waals surface area contributed by atoms with Crippen molar-refractivity contribution in [3.05, 3.63) is 33.7 Å². The average molecular weight is 380 g/mol. The van der Waals surface area contributed by atoms with Gasteiger partial charge >= 0.3 is 0 Å². The predicted octanol–water partition coefficient (Wildman–Crippen LogP) is 4.57. The van der Waals surface area contributed by atoms with Gasteiger partial charge in [-0.25, -0.2) is 4.98 Å². The molecule has 0 spiro atoms. The molecule has 1 aromatic carbocycles. The molecule has 0 bridgehead atoms. The Morgan fingerprint density at radius 3 is 2.92 bits per heavy atom. The molecule has 0 unspecified atom stereocenters. The van der Waals surface area contributed by atoms with Gasteiger partial charge < -0.3 is 15.0 Å². The number of hydrogen-bond donors (Lipinski definition) is 1. The molecule has 0 saturated carbocycles. The second-order valence-corrected chi connectivity index (χ2v) is 8.44. The normalized spacial score (nSPS) is 16.2. The van der Waals surface area contributed by atoms with E-state index in [1.807, 2.05) is 36.9 Å². The molecule has 0 saturated heterocycles. The van der Waals surface area contributed by atoms with Gasteiger partial charge in [0.2, 0.25) is 5.91 Å². The number of anilines is 2. The van der Waals surface area contributed by atoms with Crippen LogP contribution in [-0.2, 0) is 11.3 Å². The van der Waals surface area contributed by atoms with Gasteiger partial charge in [0.1, 0.15) is 12.4 Å². The lowest BCUT2D eigenvalue weighted by atomic mass is 9.93. The number of amides is 1. The molecule has 25 heavy (non-hydrogen) atoms. The number of aromatic nitrogens is 1. The van der Waals surface area contributed by atoms with Crippen LogP contribution in [0.3, 0.4) is 0 Å². The number of hydrogen-bond acceptors (Lipinski definition) is 5. The minimum Gasteiger partial charge on any atom is -0.490 e. The van der Waals surface area contributed by atoms with Crippen molar-refractivity contribution >= 4 is 40.2 Å². The van der Waals surface area contributed by atoms with Gasteiger partial charge in [-0.2, -0.15) is 0 Å². The second-order valence-electron chi connectivity index (χ2n) is 6.74. The summed E-state index contributed by atoms with van der Waals surface area (Å²) in [5.41, 5.74) is 1.23. The number of nitrogens with zero attached hydrogens (tertiary/aromatic N) is 2. The van der Waals surface area contributed by atoms with Crippen molar-refractivity contribution in [1.29, 1.82) is 0 Å². The first-order chi connectivity index (χ1) is 11.9. The van der Waals surface area contributed by atoms with E-state index in [1.165, 1.54) is 11.3 Å². The molecule has 5 nitrogen and oxygen atoms in total. The van der Waals surface area contributed by atoms with Crippen LogP contribution in [0.5, 0.6) is 5.75 Å². The molecule has 0 aliphatic carbocycles. The van der Waals surface area contributed by atoms with Crippen LogP contribution in [0, 0.1) is 5.41 Å². The Hall–Kier alpha value is -1.79. The van der Waals surface area contributed by atoms with Crippen LogP contribution in [0.2, 0.25) is 4.47 Å². The summed E-state index contributed by atoms with van der Waals surface area (Å²) in [5.74, 6) is 0.841. The van der Waals surface area contributed by atoms with E-state index in [0.29, 0.717) is 24.2 Å². The van der Waals surface area contributed by atoms with Crippen LogP contribution in [0.15, 0.2) is 24.4 Å². The van der Waals surface area contributed by atoms with Crippen molar-refractivity contribution in [2.45, 2.75) is 33.7 Å². The minimum atomic E-state index is -0.541. The fraction of sp³-hybridized carbons (Fsp3) is 0.444. The van der Waals surface area contributed by atoms with Crippen LogP contribution in [0.4, 0.5) is 11.4 Å². The summed E-state index contributed by atoms with van der Waals surface area (Å²) in [6.07, 6.45) is 2.66. The number of benzene rings is 1. The van der Waals surface area contributed by atoms with Crippen LogP contribution in [0.1, 0.15) is 32.1 Å². The molecule has 1 N–H and O–H groups in total. The summed E-state index contributed by atoms with van der Waals surface area (Å²) >= 11 is 7.32. The Balaban J connectivity index is 1.83. The number of ether oxygens (including phenoxy) is 1. The van der Waals surface area contributed by atoms with Gasteiger partial charge in [0, 0.05) is 29.4 Å². The Kier molecular flexibility index (Phi) is 5.20. The van der Waals surface area contributed by atoms with Gasteiger partial charge in [0.25, 0.3) is 0 Å². The lowest BCUT2D eigenvalue weighted by Gasteiger charge is -2.27. The van der Waals surface area contributed by atoms with E-state index < -0.39 is 5.41 Å². The second kappa shape index (κ2) is 7.22. The van der Waals surface area contributed by atoms with Gasteiger partial charge in [-0.05, 0) is 32.4 Å². The highest BCUT2D eigenvalue weighted by molar-refractivity contribution is 7.15. The highest BCUT2D eigenvalue weighted by Gasteiger charge is 2.37. The molecular formula is C18H22ClN3O2S. The highest BCUT2D eigenvalue weighted by atomic mass is 35.5. The molecule has 0 radical (unpaired) electrons. The summed E-state index contributed by atoms with van der Waals surface area (Å²) in [6, 6.07) is 5.88. The lowest BCUT2D eigenvalue weighted by Crippen LogP contribution is -2.42. The zero-order chi connectivity index (χ0) is 18.0. The Morgan fingerprint density at radius 2 is 2.24 bits per heavy atom. The van der Waals surface area contributed by atoms with Crippen LogP contribution in [-0.4, -0.2) is 24.0 Å². The standard InChI is InChI=1S/C18H22ClN3O2S/c1-4-7-22-14-6-5-12(20-9-13-10-21-17(19)25-13)8-15(14)24-11-18(2,3)16(22)23/h5-6,8,10,20H,4,7,9,11H2,1-3H3. The third-order valence-corrected chi connectivity index (χ3v) is 5.22. The summed E-state index contributed by atoms with van der Waals surface area (Å²) in [5, 5.41) is 3.35. The van der Waals surface area contributed by atoms with E-state index in [0.717, 1.165) is 28.4 Å². The van der Waals surface area contributed by atoms with Crippen molar-refractivity contribution in [2.24, 2.45) is 5.41 Å². The van der Waals surface area contributed by atoms with Gasteiger partial charge in [-0.3, -0.25) is 4.79 Å². The van der Waals surface area contributed by atoms with Gasteiger partial charge in [-0.1, -0.05) is 18.5 Å².